The van der Waals surface area contributed by atoms with Gasteiger partial charge in [0.25, 0.3) is 17.7 Å². The summed E-state index contributed by atoms with van der Waals surface area (Å²) in [6.07, 6.45) is 1.27. The number of anilines is 1. The minimum absolute atomic E-state index is 0.0274. The van der Waals surface area contributed by atoms with Crippen LogP contribution in [-0.4, -0.2) is 44.5 Å². The number of ether oxygens (including phenoxy) is 3. The number of benzene rings is 2. The molecule has 10 nitrogen and oxygen atoms in total. The van der Waals surface area contributed by atoms with Gasteiger partial charge in [0.2, 0.25) is 0 Å². The van der Waals surface area contributed by atoms with Crippen LogP contribution in [0.25, 0.3) is 0 Å². The van der Waals surface area contributed by atoms with Gasteiger partial charge in [-0.3, -0.25) is 19.7 Å². The van der Waals surface area contributed by atoms with E-state index in [1.54, 1.807) is 18.2 Å². The van der Waals surface area contributed by atoms with Crippen molar-refractivity contribution < 1.29 is 37.8 Å². The second kappa shape index (κ2) is 11.0. The molecule has 0 saturated carbocycles. The Bertz CT molecular complexity index is 1220. The molecule has 2 aromatic carbocycles. The van der Waals surface area contributed by atoms with Crippen LogP contribution >= 0.6 is 11.6 Å². The normalized spacial score (nSPS) is 10.2. The molecule has 0 aliphatic rings. The Labute approximate surface area is 198 Å². The van der Waals surface area contributed by atoms with Crippen LogP contribution in [0.15, 0.2) is 59.2 Å². The van der Waals surface area contributed by atoms with E-state index in [4.69, 9.17) is 30.2 Å². The highest BCUT2D eigenvalue weighted by Crippen LogP contribution is 2.34. The summed E-state index contributed by atoms with van der Waals surface area (Å²) in [6, 6.07) is 11.9. The second-order valence-corrected chi connectivity index (χ2v) is 7.02. The van der Waals surface area contributed by atoms with Gasteiger partial charge in [-0.25, -0.2) is 4.79 Å². The number of methoxy groups -OCH3 is 2. The maximum absolute atomic E-state index is 12.8. The summed E-state index contributed by atoms with van der Waals surface area (Å²) in [4.78, 5) is 49.4. The fourth-order valence-corrected chi connectivity index (χ4v) is 3.05. The molecule has 176 valence electrons. The predicted molar refractivity (Wildman–Crippen MR) is 120 cm³/mol. The highest BCUT2D eigenvalue weighted by Gasteiger charge is 2.22. The number of carbonyl (C=O) groups excluding carboxylic acids is 4. The zero-order valence-corrected chi connectivity index (χ0v) is 18.8. The third kappa shape index (κ3) is 5.73. The van der Waals surface area contributed by atoms with E-state index >= 15 is 0 Å². The number of hydrogen-bond acceptors (Lipinski definition) is 8. The summed E-state index contributed by atoms with van der Waals surface area (Å²) in [5.41, 5.74) is 0.0805. The molecule has 3 amide bonds. The quantitative estimate of drug-likeness (QED) is 0.463. The van der Waals surface area contributed by atoms with E-state index in [0.717, 1.165) is 0 Å². The Morgan fingerprint density at radius 1 is 0.912 bits per heavy atom. The topological polar surface area (TPSA) is 133 Å². The summed E-state index contributed by atoms with van der Waals surface area (Å²) in [5.74, 6) is -2.88. The summed E-state index contributed by atoms with van der Waals surface area (Å²) in [5, 5.41) is 4.82. The van der Waals surface area contributed by atoms with Crippen molar-refractivity contribution in [2.75, 3.05) is 26.1 Å². The number of halogens is 1. The molecule has 1 heterocycles. The Kier molecular flexibility index (Phi) is 7.88. The van der Waals surface area contributed by atoms with Crippen LogP contribution in [0.4, 0.5) is 5.69 Å². The SMILES string of the molecule is COc1cc(NC(=O)c2ccccc2Cl)c(C(=O)OCC(=O)NC(=O)c2ccco2)cc1OC. The summed E-state index contributed by atoms with van der Waals surface area (Å²) >= 11 is 6.08. The monoisotopic (exact) mass is 486 g/mol. The van der Waals surface area contributed by atoms with Crippen molar-refractivity contribution in [1.82, 2.24) is 5.32 Å². The van der Waals surface area contributed by atoms with Gasteiger partial charge in [0, 0.05) is 12.1 Å². The Balaban J connectivity index is 1.79. The molecule has 11 heteroatoms. The van der Waals surface area contributed by atoms with Crippen molar-refractivity contribution in [3.8, 4) is 11.5 Å². The van der Waals surface area contributed by atoms with Gasteiger partial charge in [-0.05, 0) is 24.3 Å². The van der Waals surface area contributed by atoms with Crippen molar-refractivity contribution in [3.05, 3.63) is 76.7 Å². The number of carbonyl (C=O) groups is 4. The van der Waals surface area contributed by atoms with Crippen LogP contribution in [0.1, 0.15) is 31.3 Å². The molecule has 3 rings (SSSR count). The number of amides is 3. The first kappa shape index (κ1) is 24.3. The van der Waals surface area contributed by atoms with E-state index in [2.05, 4.69) is 5.32 Å². The van der Waals surface area contributed by atoms with E-state index in [1.165, 1.54) is 50.8 Å². The Hall–Kier alpha value is -4.31. The van der Waals surface area contributed by atoms with Crippen LogP contribution in [0.3, 0.4) is 0 Å². The van der Waals surface area contributed by atoms with Crippen LogP contribution in [0.5, 0.6) is 11.5 Å². The zero-order valence-electron chi connectivity index (χ0n) is 18.0. The lowest BCUT2D eigenvalue weighted by molar-refractivity contribution is -0.123. The van der Waals surface area contributed by atoms with Gasteiger partial charge in [0.05, 0.1) is 42.3 Å². The average Bonchev–Trinajstić information content (AvgIpc) is 3.37. The predicted octanol–water partition coefficient (Wildman–Crippen LogP) is 3.32. The number of esters is 1. The summed E-state index contributed by atoms with van der Waals surface area (Å²) in [6.45, 7) is -0.766. The van der Waals surface area contributed by atoms with Gasteiger partial charge >= 0.3 is 5.97 Å². The lowest BCUT2D eigenvalue weighted by Crippen LogP contribution is -2.34. The Morgan fingerprint density at radius 2 is 1.62 bits per heavy atom. The molecule has 0 saturated heterocycles. The number of nitrogens with one attached hydrogen (secondary N) is 2. The lowest BCUT2D eigenvalue weighted by atomic mass is 10.1. The standard InChI is InChI=1S/C23H19ClN2O8/c1-31-18-10-14(23(30)34-12-20(27)26-22(29)17-8-5-9-33-17)16(11-19(18)32-2)25-21(28)13-6-3-4-7-15(13)24/h3-11H,12H2,1-2H3,(H,25,28)(H,26,27,29). The molecule has 0 radical (unpaired) electrons. The number of hydrogen-bond donors (Lipinski definition) is 2. The molecule has 1 aromatic heterocycles. The van der Waals surface area contributed by atoms with E-state index in [1.807, 2.05) is 5.32 Å². The van der Waals surface area contributed by atoms with Crippen molar-refractivity contribution in [3.63, 3.8) is 0 Å². The molecule has 3 aromatic rings. The fraction of sp³-hybridized carbons (Fsp3) is 0.130. The smallest absolute Gasteiger partial charge is 0.340 e. The maximum Gasteiger partial charge on any atom is 0.340 e. The molecule has 0 bridgehead atoms. The first-order valence-corrected chi connectivity index (χ1v) is 10.1. The minimum Gasteiger partial charge on any atom is -0.493 e. The maximum atomic E-state index is 12.8. The van der Waals surface area contributed by atoms with Gasteiger partial charge in [-0.15, -0.1) is 0 Å². The third-order valence-corrected chi connectivity index (χ3v) is 4.77. The van der Waals surface area contributed by atoms with Crippen LogP contribution in [-0.2, 0) is 9.53 Å². The molecule has 0 atom stereocenters. The highest BCUT2D eigenvalue weighted by atomic mass is 35.5. The van der Waals surface area contributed by atoms with E-state index in [0.29, 0.717) is 0 Å². The zero-order chi connectivity index (χ0) is 24.7. The van der Waals surface area contributed by atoms with Crippen molar-refractivity contribution >= 4 is 41.0 Å². The first-order valence-electron chi connectivity index (χ1n) is 9.70. The van der Waals surface area contributed by atoms with Crippen molar-refractivity contribution in [2.45, 2.75) is 0 Å². The van der Waals surface area contributed by atoms with Crippen molar-refractivity contribution in [1.29, 1.82) is 0 Å². The number of rotatable bonds is 8. The molecular formula is C23H19ClN2O8. The molecule has 0 fully saturated rings. The molecule has 0 unspecified atom stereocenters. The van der Waals surface area contributed by atoms with E-state index in [-0.39, 0.29) is 39.1 Å². The summed E-state index contributed by atoms with van der Waals surface area (Å²) in [7, 11) is 2.75. The van der Waals surface area contributed by atoms with Crippen LogP contribution < -0.4 is 20.1 Å². The van der Waals surface area contributed by atoms with Gasteiger partial charge < -0.3 is 23.9 Å². The fourth-order valence-electron chi connectivity index (χ4n) is 2.83. The second-order valence-electron chi connectivity index (χ2n) is 6.62. The summed E-state index contributed by atoms with van der Waals surface area (Å²) < 4.78 is 20.4. The van der Waals surface area contributed by atoms with Gasteiger partial charge in [0.15, 0.2) is 23.9 Å². The van der Waals surface area contributed by atoms with E-state index < -0.39 is 30.3 Å². The van der Waals surface area contributed by atoms with Crippen LogP contribution in [0, 0.1) is 0 Å². The van der Waals surface area contributed by atoms with Gasteiger partial charge in [0.1, 0.15) is 0 Å². The first-order chi connectivity index (χ1) is 16.3. The molecule has 0 spiro atoms. The van der Waals surface area contributed by atoms with E-state index in [9.17, 15) is 19.2 Å². The van der Waals surface area contributed by atoms with Gasteiger partial charge in [-0.1, -0.05) is 23.7 Å². The molecule has 0 aliphatic heterocycles. The Morgan fingerprint density at radius 3 is 2.26 bits per heavy atom. The molecule has 2 N–H and O–H groups in total. The minimum atomic E-state index is -0.962. The molecule has 34 heavy (non-hydrogen) atoms. The highest BCUT2D eigenvalue weighted by molar-refractivity contribution is 6.34. The average molecular weight is 487 g/mol. The van der Waals surface area contributed by atoms with Crippen LogP contribution in [0.2, 0.25) is 5.02 Å². The molecular weight excluding hydrogens is 468 g/mol. The largest absolute Gasteiger partial charge is 0.493 e. The third-order valence-electron chi connectivity index (χ3n) is 4.44. The lowest BCUT2D eigenvalue weighted by Gasteiger charge is -2.15. The molecule has 0 aliphatic carbocycles. The number of furan rings is 1. The number of imide groups is 1. The van der Waals surface area contributed by atoms with Crippen molar-refractivity contribution in [2.24, 2.45) is 0 Å². The van der Waals surface area contributed by atoms with Gasteiger partial charge in [-0.2, -0.15) is 0 Å².